The SMILES string of the molecule is CCNS(=O)(=O)c1ccc(/C=C/C(=O)NCc2cc(Br)cs2)cc1. The number of hydrogen-bond acceptors (Lipinski definition) is 4. The average molecular weight is 429 g/mol. The number of thiophene rings is 1. The van der Waals surface area contributed by atoms with Gasteiger partial charge in [-0.25, -0.2) is 13.1 Å². The second-order valence-corrected chi connectivity index (χ2v) is 8.53. The molecular formula is C16H17BrN2O3S2. The monoisotopic (exact) mass is 428 g/mol. The number of nitrogens with one attached hydrogen (secondary N) is 2. The first-order valence-corrected chi connectivity index (χ1v) is 10.3. The third-order valence-electron chi connectivity index (χ3n) is 3.01. The van der Waals surface area contributed by atoms with Gasteiger partial charge in [-0.2, -0.15) is 0 Å². The van der Waals surface area contributed by atoms with Gasteiger partial charge in [0.1, 0.15) is 0 Å². The Bertz CT molecular complexity index is 827. The summed E-state index contributed by atoms with van der Waals surface area (Å²) in [6, 6.07) is 8.30. The highest BCUT2D eigenvalue weighted by molar-refractivity contribution is 9.10. The van der Waals surface area contributed by atoms with Crippen molar-refractivity contribution in [3.8, 4) is 0 Å². The summed E-state index contributed by atoms with van der Waals surface area (Å²) in [4.78, 5) is 13.1. The summed E-state index contributed by atoms with van der Waals surface area (Å²) in [6.07, 6.45) is 3.07. The summed E-state index contributed by atoms with van der Waals surface area (Å²) in [5, 5.41) is 4.75. The van der Waals surface area contributed by atoms with Gasteiger partial charge < -0.3 is 5.32 Å². The lowest BCUT2D eigenvalue weighted by atomic mass is 10.2. The number of rotatable bonds is 7. The molecule has 0 saturated carbocycles. The molecule has 128 valence electrons. The maximum atomic E-state index is 11.8. The van der Waals surface area contributed by atoms with Crippen LogP contribution in [0.5, 0.6) is 0 Å². The molecule has 0 bridgehead atoms. The number of halogens is 1. The van der Waals surface area contributed by atoms with Crippen molar-refractivity contribution >= 4 is 49.3 Å². The summed E-state index contributed by atoms with van der Waals surface area (Å²) in [5.74, 6) is -0.205. The predicted octanol–water partition coefficient (Wildman–Crippen LogP) is 3.14. The highest BCUT2D eigenvalue weighted by atomic mass is 79.9. The minimum Gasteiger partial charge on any atom is -0.348 e. The quantitative estimate of drug-likeness (QED) is 0.665. The zero-order valence-corrected chi connectivity index (χ0v) is 16.2. The molecule has 1 heterocycles. The lowest BCUT2D eigenvalue weighted by Gasteiger charge is -2.04. The van der Waals surface area contributed by atoms with Crippen molar-refractivity contribution in [2.45, 2.75) is 18.4 Å². The number of sulfonamides is 1. The Balaban J connectivity index is 1.92. The van der Waals surface area contributed by atoms with Gasteiger partial charge in [-0.3, -0.25) is 4.79 Å². The van der Waals surface area contributed by atoms with Crippen LogP contribution >= 0.6 is 27.3 Å². The number of amides is 1. The maximum Gasteiger partial charge on any atom is 0.244 e. The van der Waals surface area contributed by atoms with Crippen LogP contribution in [0.3, 0.4) is 0 Å². The molecule has 0 aliphatic carbocycles. The Morgan fingerprint density at radius 2 is 2.00 bits per heavy atom. The average Bonchev–Trinajstić information content (AvgIpc) is 2.97. The lowest BCUT2D eigenvalue weighted by molar-refractivity contribution is -0.116. The Morgan fingerprint density at radius 3 is 2.58 bits per heavy atom. The molecule has 0 unspecified atom stereocenters. The van der Waals surface area contributed by atoms with Crippen molar-refractivity contribution < 1.29 is 13.2 Å². The Hall–Kier alpha value is -1.48. The van der Waals surface area contributed by atoms with Crippen molar-refractivity contribution in [3.63, 3.8) is 0 Å². The maximum absolute atomic E-state index is 11.8. The summed E-state index contributed by atoms with van der Waals surface area (Å²) < 4.78 is 27.1. The minimum absolute atomic E-state index is 0.203. The highest BCUT2D eigenvalue weighted by Crippen LogP contribution is 2.19. The molecule has 0 aliphatic rings. The van der Waals surface area contributed by atoms with Crippen LogP contribution in [0.4, 0.5) is 0 Å². The number of benzene rings is 1. The van der Waals surface area contributed by atoms with E-state index < -0.39 is 10.0 Å². The van der Waals surface area contributed by atoms with Crippen LogP contribution in [0.25, 0.3) is 6.08 Å². The first-order chi connectivity index (χ1) is 11.4. The Kier molecular flexibility index (Phi) is 6.73. The molecule has 5 nitrogen and oxygen atoms in total. The van der Waals surface area contributed by atoms with Crippen molar-refractivity contribution in [2.75, 3.05) is 6.54 Å². The standard InChI is InChI=1S/C16H17BrN2O3S2/c1-2-19-24(21,22)15-6-3-12(4-7-15)5-8-16(20)18-10-14-9-13(17)11-23-14/h3-9,11,19H,2,10H2,1H3,(H,18,20)/b8-5+. The van der Waals surface area contributed by atoms with Gasteiger partial charge in [0.05, 0.1) is 11.4 Å². The van der Waals surface area contributed by atoms with Crippen LogP contribution in [0.2, 0.25) is 0 Å². The number of hydrogen-bond donors (Lipinski definition) is 2. The van der Waals surface area contributed by atoms with Crippen molar-refractivity contribution in [3.05, 3.63) is 56.7 Å². The van der Waals surface area contributed by atoms with Gasteiger partial charge in [-0.05, 0) is 45.8 Å². The van der Waals surface area contributed by atoms with E-state index in [0.29, 0.717) is 13.1 Å². The number of carbonyl (C=O) groups is 1. The van der Waals surface area contributed by atoms with Gasteiger partial charge in [-0.1, -0.05) is 19.1 Å². The van der Waals surface area contributed by atoms with Crippen LogP contribution in [-0.4, -0.2) is 20.9 Å². The molecular weight excluding hydrogens is 412 g/mol. The highest BCUT2D eigenvalue weighted by Gasteiger charge is 2.11. The first-order valence-electron chi connectivity index (χ1n) is 7.19. The van der Waals surface area contributed by atoms with Crippen LogP contribution in [0.15, 0.2) is 51.2 Å². The third kappa shape index (κ3) is 5.55. The molecule has 0 saturated heterocycles. The third-order valence-corrected chi connectivity index (χ3v) is 6.27. The normalized spacial score (nSPS) is 11.8. The second kappa shape index (κ2) is 8.57. The Morgan fingerprint density at radius 1 is 1.29 bits per heavy atom. The smallest absolute Gasteiger partial charge is 0.244 e. The first kappa shape index (κ1) is 18.9. The van der Waals surface area contributed by atoms with E-state index in [4.69, 9.17) is 0 Å². The molecule has 2 N–H and O–H groups in total. The van der Waals surface area contributed by atoms with Gasteiger partial charge in [0, 0.05) is 27.4 Å². The van der Waals surface area contributed by atoms with Gasteiger partial charge >= 0.3 is 0 Å². The number of carbonyl (C=O) groups excluding carboxylic acids is 1. The van der Waals surface area contributed by atoms with E-state index in [2.05, 4.69) is 26.0 Å². The van der Waals surface area contributed by atoms with E-state index in [-0.39, 0.29) is 10.8 Å². The summed E-state index contributed by atoms with van der Waals surface area (Å²) >= 11 is 4.93. The topological polar surface area (TPSA) is 75.3 Å². The van der Waals surface area contributed by atoms with E-state index in [1.807, 2.05) is 11.4 Å². The molecule has 24 heavy (non-hydrogen) atoms. The molecule has 1 amide bonds. The zero-order valence-electron chi connectivity index (χ0n) is 13.0. The van der Waals surface area contributed by atoms with Gasteiger partial charge in [-0.15, -0.1) is 11.3 Å². The van der Waals surface area contributed by atoms with E-state index in [0.717, 1.165) is 14.9 Å². The van der Waals surface area contributed by atoms with Gasteiger partial charge in [0.25, 0.3) is 0 Å². The molecule has 1 aromatic carbocycles. The zero-order chi connectivity index (χ0) is 17.6. The van der Waals surface area contributed by atoms with E-state index >= 15 is 0 Å². The van der Waals surface area contributed by atoms with E-state index in [9.17, 15) is 13.2 Å². The lowest BCUT2D eigenvalue weighted by Crippen LogP contribution is -2.22. The molecule has 0 fully saturated rings. The van der Waals surface area contributed by atoms with E-state index in [1.165, 1.54) is 18.2 Å². The minimum atomic E-state index is -3.45. The van der Waals surface area contributed by atoms with Gasteiger partial charge in [0.15, 0.2) is 0 Å². The molecule has 1 aromatic heterocycles. The molecule has 0 aliphatic heterocycles. The van der Waals surface area contributed by atoms with Crippen molar-refractivity contribution in [2.24, 2.45) is 0 Å². The second-order valence-electron chi connectivity index (χ2n) is 4.85. The fourth-order valence-corrected chi connectivity index (χ4v) is 4.31. The predicted molar refractivity (Wildman–Crippen MR) is 100 cm³/mol. The van der Waals surface area contributed by atoms with Crippen molar-refractivity contribution in [1.82, 2.24) is 10.0 Å². The molecule has 0 spiro atoms. The van der Waals surface area contributed by atoms with Crippen LogP contribution in [0.1, 0.15) is 17.4 Å². The van der Waals surface area contributed by atoms with Crippen LogP contribution < -0.4 is 10.0 Å². The van der Waals surface area contributed by atoms with Gasteiger partial charge in [0.2, 0.25) is 15.9 Å². The summed E-state index contributed by atoms with van der Waals surface area (Å²) in [6.45, 7) is 2.53. The summed E-state index contributed by atoms with van der Waals surface area (Å²) in [7, 11) is -3.45. The largest absolute Gasteiger partial charge is 0.348 e. The molecule has 2 rings (SSSR count). The summed E-state index contributed by atoms with van der Waals surface area (Å²) in [5.41, 5.74) is 0.750. The molecule has 8 heteroatoms. The van der Waals surface area contributed by atoms with Crippen LogP contribution in [-0.2, 0) is 21.4 Å². The fourth-order valence-electron chi connectivity index (χ4n) is 1.88. The Labute approximate surface area is 154 Å². The molecule has 0 radical (unpaired) electrons. The molecule has 2 aromatic rings. The van der Waals surface area contributed by atoms with E-state index in [1.54, 1.807) is 36.5 Å². The van der Waals surface area contributed by atoms with Crippen LogP contribution in [0, 0.1) is 0 Å². The fraction of sp³-hybridized carbons (Fsp3) is 0.188. The molecule has 0 atom stereocenters. The van der Waals surface area contributed by atoms with Crippen molar-refractivity contribution in [1.29, 1.82) is 0 Å².